The van der Waals surface area contributed by atoms with E-state index in [1.807, 2.05) is 0 Å². The zero-order valence-corrected chi connectivity index (χ0v) is 16.2. The molecule has 10 heteroatoms. The first-order chi connectivity index (χ1) is 13.1. The number of esters is 2. The van der Waals surface area contributed by atoms with Crippen LogP contribution in [-0.4, -0.2) is 40.8 Å². The van der Waals surface area contributed by atoms with Gasteiger partial charge in [0.2, 0.25) is 5.78 Å². The number of methoxy groups -OCH3 is 1. The Hall–Kier alpha value is -3.20. The van der Waals surface area contributed by atoms with E-state index in [-0.39, 0.29) is 27.5 Å². The molecule has 0 aliphatic carbocycles. The summed E-state index contributed by atoms with van der Waals surface area (Å²) in [4.78, 5) is 49.8. The summed E-state index contributed by atoms with van der Waals surface area (Å²) in [7, 11) is 1.23. The highest BCUT2D eigenvalue weighted by Gasteiger charge is 2.28. The summed E-state index contributed by atoms with van der Waals surface area (Å²) < 4.78 is 9.82. The van der Waals surface area contributed by atoms with Crippen molar-refractivity contribution in [3.8, 4) is 0 Å². The zero-order valence-electron chi connectivity index (χ0n) is 15.5. The van der Waals surface area contributed by atoms with Crippen LogP contribution >= 0.6 is 11.6 Å². The molecule has 0 aliphatic heterocycles. The van der Waals surface area contributed by atoms with Gasteiger partial charge >= 0.3 is 11.9 Å². The summed E-state index contributed by atoms with van der Waals surface area (Å²) in [5, 5.41) is 10.8. The Morgan fingerprint density at radius 2 is 1.86 bits per heavy atom. The van der Waals surface area contributed by atoms with E-state index in [1.165, 1.54) is 20.1 Å². The standard InChI is InChI=1S/C18H17ClN2O7/c1-8-14(18(24)27-4)9(2)20-15(8)16(22)10(3)28-17(23)12-7-11(21(25)26)5-6-13(12)19/h5-7,10,20H,1-4H3. The summed E-state index contributed by atoms with van der Waals surface area (Å²) in [5.74, 6) is -2.16. The molecular formula is C18H17ClN2O7. The van der Waals surface area contributed by atoms with Crippen LogP contribution in [0.5, 0.6) is 0 Å². The number of nitro groups is 1. The van der Waals surface area contributed by atoms with Gasteiger partial charge in [0.25, 0.3) is 5.69 Å². The molecule has 9 nitrogen and oxygen atoms in total. The topological polar surface area (TPSA) is 129 Å². The minimum atomic E-state index is -1.23. The number of ketones is 1. The van der Waals surface area contributed by atoms with Gasteiger partial charge in [0.05, 0.1) is 33.9 Å². The number of carbonyl (C=O) groups excluding carboxylic acids is 3. The normalized spacial score (nSPS) is 11.6. The number of aryl methyl sites for hydroxylation is 1. The molecule has 0 fully saturated rings. The number of carbonyl (C=O) groups is 3. The van der Waals surface area contributed by atoms with Gasteiger partial charge in [-0.1, -0.05) is 11.6 Å². The van der Waals surface area contributed by atoms with E-state index in [0.29, 0.717) is 11.3 Å². The number of aromatic nitrogens is 1. The summed E-state index contributed by atoms with van der Waals surface area (Å²) in [6.45, 7) is 4.52. The van der Waals surface area contributed by atoms with Gasteiger partial charge in [0.15, 0.2) is 6.10 Å². The molecule has 1 N–H and O–H groups in total. The molecular weight excluding hydrogens is 392 g/mol. The molecule has 148 valence electrons. The quantitative estimate of drug-likeness (QED) is 0.335. The van der Waals surface area contributed by atoms with Crippen LogP contribution in [0.25, 0.3) is 0 Å². The van der Waals surface area contributed by atoms with Crippen LogP contribution in [-0.2, 0) is 9.47 Å². The van der Waals surface area contributed by atoms with Crippen molar-refractivity contribution in [1.82, 2.24) is 4.98 Å². The number of Topliss-reactive ketones (excluding diaryl/α,β-unsaturated/α-hetero) is 1. The van der Waals surface area contributed by atoms with Gasteiger partial charge in [-0.25, -0.2) is 9.59 Å². The fourth-order valence-corrected chi connectivity index (χ4v) is 2.86. The molecule has 0 amide bonds. The van der Waals surface area contributed by atoms with Gasteiger partial charge in [0.1, 0.15) is 0 Å². The van der Waals surface area contributed by atoms with Crippen LogP contribution in [0.1, 0.15) is 49.4 Å². The number of nitrogens with zero attached hydrogens (tertiary/aromatic N) is 1. The van der Waals surface area contributed by atoms with Crippen molar-refractivity contribution in [3.63, 3.8) is 0 Å². The Kier molecular flexibility index (Phi) is 6.19. The number of aromatic amines is 1. The van der Waals surface area contributed by atoms with E-state index in [2.05, 4.69) is 4.98 Å². The Balaban J connectivity index is 2.26. The second kappa shape index (κ2) is 8.22. The Labute approximate surface area is 164 Å². The Morgan fingerprint density at radius 1 is 1.21 bits per heavy atom. The van der Waals surface area contributed by atoms with Crippen molar-refractivity contribution < 1.29 is 28.8 Å². The monoisotopic (exact) mass is 408 g/mol. The van der Waals surface area contributed by atoms with Crippen LogP contribution in [0, 0.1) is 24.0 Å². The van der Waals surface area contributed by atoms with Crippen LogP contribution in [0.15, 0.2) is 18.2 Å². The Bertz CT molecular complexity index is 981. The average molecular weight is 409 g/mol. The van der Waals surface area contributed by atoms with Gasteiger partial charge in [0, 0.05) is 17.8 Å². The van der Waals surface area contributed by atoms with Crippen molar-refractivity contribution >= 4 is 35.0 Å². The molecule has 0 saturated heterocycles. The van der Waals surface area contributed by atoms with E-state index in [4.69, 9.17) is 21.1 Å². The Morgan fingerprint density at radius 3 is 2.43 bits per heavy atom. The number of hydrogen-bond donors (Lipinski definition) is 1. The molecule has 0 radical (unpaired) electrons. The van der Waals surface area contributed by atoms with E-state index >= 15 is 0 Å². The lowest BCUT2D eigenvalue weighted by molar-refractivity contribution is -0.384. The second-order valence-corrected chi connectivity index (χ2v) is 6.36. The zero-order chi connectivity index (χ0) is 21.2. The van der Waals surface area contributed by atoms with Gasteiger partial charge in [-0.15, -0.1) is 0 Å². The summed E-state index contributed by atoms with van der Waals surface area (Å²) >= 11 is 5.91. The van der Waals surface area contributed by atoms with Crippen molar-refractivity contribution in [3.05, 3.63) is 61.4 Å². The number of hydrogen-bond acceptors (Lipinski definition) is 7. The molecule has 2 rings (SSSR count). The minimum absolute atomic E-state index is 0.0462. The predicted molar refractivity (Wildman–Crippen MR) is 98.9 cm³/mol. The van der Waals surface area contributed by atoms with Crippen LogP contribution < -0.4 is 0 Å². The summed E-state index contributed by atoms with van der Waals surface area (Å²) in [5.41, 5.74) is 0.562. The smallest absolute Gasteiger partial charge is 0.340 e. The number of benzene rings is 1. The molecule has 1 heterocycles. The number of nitrogens with one attached hydrogen (secondary N) is 1. The molecule has 1 atom stereocenters. The lowest BCUT2D eigenvalue weighted by Crippen LogP contribution is -2.25. The third-order valence-electron chi connectivity index (χ3n) is 4.11. The first kappa shape index (κ1) is 21.1. The molecule has 0 aliphatic rings. The average Bonchev–Trinajstić information content (AvgIpc) is 2.94. The van der Waals surface area contributed by atoms with Crippen LogP contribution in [0.2, 0.25) is 5.02 Å². The lowest BCUT2D eigenvalue weighted by Gasteiger charge is -2.13. The number of halogens is 1. The third-order valence-corrected chi connectivity index (χ3v) is 4.44. The summed E-state index contributed by atoms with van der Waals surface area (Å²) in [6, 6.07) is 3.32. The first-order valence-electron chi connectivity index (χ1n) is 8.05. The lowest BCUT2D eigenvalue weighted by atomic mass is 10.1. The molecule has 0 spiro atoms. The maximum absolute atomic E-state index is 12.7. The van der Waals surface area contributed by atoms with Gasteiger partial charge in [-0.2, -0.15) is 0 Å². The molecule has 2 aromatic rings. The van der Waals surface area contributed by atoms with Gasteiger partial charge in [-0.05, 0) is 32.4 Å². The van der Waals surface area contributed by atoms with Crippen molar-refractivity contribution in [2.75, 3.05) is 7.11 Å². The largest absolute Gasteiger partial charge is 0.465 e. The van der Waals surface area contributed by atoms with Crippen molar-refractivity contribution in [2.24, 2.45) is 0 Å². The molecule has 1 unspecified atom stereocenters. The van der Waals surface area contributed by atoms with Gasteiger partial charge < -0.3 is 14.5 Å². The highest BCUT2D eigenvalue weighted by molar-refractivity contribution is 6.33. The maximum atomic E-state index is 12.7. The highest BCUT2D eigenvalue weighted by atomic mass is 35.5. The van der Waals surface area contributed by atoms with E-state index in [9.17, 15) is 24.5 Å². The summed E-state index contributed by atoms with van der Waals surface area (Å²) in [6.07, 6.45) is -1.23. The number of H-pyrrole nitrogens is 1. The fraction of sp³-hybridized carbons (Fsp3) is 0.278. The van der Waals surface area contributed by atoms with Gasteiger partial charge in [-0.3, -0.25) is 14.9 Å². The van der Waals surface area contributed by atoms with Crippen LogP contribution in [0.3, 0.4) is 0 Å². The predicted octanol–water partition coefficient (Wildman–Crippen LogP) is 3.41. The maximum Gasteiger partial charge on any atom is 0.340 e. The van der Waals surface area contributed by atoms with Crippen LogP contribution in [0.4, 0.5) is 5.69 Å². The fourth-order valence-electron chi connectivity index (χ4n) is 2.67. The minimum Gasteiger partial charge on any atom is -0.465 e. The van der Waals surface area contributed by atoms with E-state index in [0.717, 1.165) is 12.1 Å². The molecule has 1 aromatic carbocycles. The number of ether oxygens (including phenoxy) is 2. The molecule has 0 saturated carbocycles. The second-order valence-electron chi connectivity index (χ2n) is 5.95. The molecule has 1 aromatic heterocycles. The van der Waals surface area contributed by atoms with E-state index < -0.39 is 28.7 Å². The highest BCUT2D eigenvalue weighted by Crippen LogP contribution is 2.24. The number of non-ortho nitro benzene ring substituents is 1. The van der Waals surface area contributed by atoms with Crippen molar-refractivity contribution in [1.29, 1.82) is 0 Å². The molecule has 28 heavy (non-hydrogen) atoms. The van der Waals surface area contributed by atoms with Crippen molar-refractivity contribution in [2.45, 2.75) is 26.9 Å². The first-order valence-corrected chi connectivity index (χ1v) is 8.42. The third kappa shape index (κ3) is 4.04. The van der Waals surface area contributed by atoms with E-state index in [1.54, 1.807) is 13.8 Å². The number of nitro benzene ring substituents is 1. The molecule has 0 bridgehead atoms. The number of rotatable bonds is 6. The SMILES string of the molecule is COC(=O)c1c(C)[nH]c(C(=O)C(C)OC(=O)c2cc([N+](=O)[O-])ccc2Cl)c1C.